The predicted molar refractivity (Wildman–Crippen MR) is 59.2 cm³/mol. The molecule has 3 N–H and O–H groups in total. The summed E-state index contributed by atoms with van der Waals surface area (Å²) in [4.78, 5) is 13.8. The third kappa shape index (κ3) is 3.18. The van der Waals surface area contributed by atoms with Crippen molar-refractivity contribution in [3.05, 3.63) is 0 Å². The number of carbonyl (C=O) groups is 1. The third-order valence-electron chi connectivity index (χ3n) is 3.31. The summed E-state index contributed by atoms with van der Waals surface area (Å²) >= 11 is 0. The van der Waals surface area contributed by atoms with Gasteiger partial charge < -0.3 is 15.7 Å². The second kappa shape index (κ2) is 6.08. The molecule has 0 saturated carbocycles. The highest BCUT2D eigenvalue weighted by Gasteiger charge is 2.26. The fourth-order valence-corrected chi connectivity index (χ4v) is 2.04. The Morgan fingerprint density at radius 3 is 2.53 bits per heavy atom. The van der Waals surface area contributed by atoms with Crippen LogP contribution in [0.15, 0.2) is 0 Å². The van der Waals surface area contributed by atoms with Crippen LogP contribution >= 0.6 is 0 Å². The molecule has 4 nitrogen and oxygen atoms in total. The highest BCUT2D eigenvalue weighted by atomic mass is 16.3. The molecule has 4 heteroatoms. The number of rotatable bonds is 4. The number of hydrogen-bond donors (Lipinski definition) is 2. The number of nitrogens with two attached hydrogens (primary N) is 1. The summed E-state index contributed by atoms with van der Waals surface area (Å²) in [7, 11) is 0. The van der Waals surface area contributed by atoms with Gasteiger partial charge in [-0.15, -0.1) is 0 Å². The van der Waals surface area contributed by atoms with Crippen molar-refractivity contribution in [3.63, 3.8) is 0 Å². The van der Waals surface area contributed by atoms with Gasteiger partial charge in [0.15, 0.2) is 0 Å². The maximum Gasteiger partial charge on any atom is 0.226 e. The van der Waals surface area contributed by atoms with Crippen LogP contribution < -0.4 is 5.73 Å². The van der Waals surface area contributed by atoms with E-state index in [1.165, 1.54) is 0 Å². The first-order valence-corrected chi connectivity index (χ1v) is 5.82. The van der Waals surface area contributed by atoms with E-state index in [2.05, 4.69) is 0 Å². The van der Waals surface area contributed by atoms with E-state index in [4.69, 9.17) is 10.8 Å². The molecule has 1 fully saturated rings. The number of piperidine rings is 1. The summed E-state index contributed by atoms with van der Waals surface area (Å²) in [6.07, 6.45) is 2.65. The van der Waals surface area contributed by atoms with Crippen molar-refractivity contribution in [2.75, 3.05) is 26.2 Å². The van der Waals surface area contributed by atoms with Crippen LogP contribution in [0.5, 0.6) is 0 Å². The minimum Gasteiger partial charge on any atom is -0.396 e. The van der Waals surface area contributed by atoms with Crippen LogP contribution in [0.2, 0.25) is 0 Å². The molecule has 1 atom stereocenters. The van der Waals surface area contributed by atoms with Gasteiger partial charge in [0.2, 0.25) is 5.91 Å². The Morgan fingerprint density at radius 1 is 1.53 bits per heavy atom. The molecule has 1 aliphatic heterocycles. The lowest BCUT2D eigenvalue weighted by Gasteiger charge is -2.33. The number of aliphatic hydroxyl groups is 1. The van der Waals surface area contributed by atoms with E-state index in [0.717, 1.165) is 32.4 Å². The quantitative estimate of drug-likeness (QED) is 0.702. The standard InChI is InChI=1S/C11H22N2O2/c1-2-10(7-12)11(15)13-5-3-9(8-14)4-6-13/h9-10,14H,2-8,12H2,1H3. The molecule has 0 aliphatic carbocycles. The smallest absolute Gasteiger partial charge is 0.226 e. The van der Waals surface area contributed by atoms with Gasteiger partial charge in [-0.1, -0.05) is 6.92 Å². The zero-order valence-electron chi connectivity index (χ0n) is 9.48. The Kier molecular flexibility index (Phi) is 5.05. The van der Waals surface area contributed by atoms with Crippen LogP contribution in [0.1, 0.15) is 26.2 Å². The van der Waals surface area contributed by atoms with Gasteiger partial charge >= 0.3 is 0 Å². The van der Waals surface area contributed by atoms with E-state index < -0.39 is 0 Å². The summed E-state index contributed by atoms with van der Waals surface area (Å²) < 4.78 is 0. The number of likely N-dealkylation sites (tertiary alicyclic amines) is 1. The van der Waals surface area contributed by atoms with Gasteiger partial charge in [0.1, 0.15) is 0 Å². The van der Waals surface area contributed by atoms with Crippen molar-refractivity contribution in [2.24, 2.45) is 17.6 Å². The molecule has 1 amide bonds. The second-order valence-corrected chi connectivity index (χ2v) is 4.29. The SMILES string of the molecule is CCC(CN)C(=O)N1CCC(CO)CC1. The summed E-state index contributed by atoms with van der Waals surface area (Å²) in [6, 6.07) is 0. The number of nitrogens with zero attached hydrogens (tertiary/aromatic N) is 1. The lowest BCUT2D eigenvalue weighted by atomic mass is 9.96. The van der Waals surface area contributed by atoms with Gasteiger partial charge in [0, 0.05) is 26.2 Å². The lowest BCUT2D eigenvalue weighted by Crippen LogP contribution is -2.43. The van der Waals surface area contributed by atoms with E-state index in [9.17, 15) is 4.79 Å². The fourth-order valence-electron chi connectivity index (χ4n) is 2.04. The maximum atomic E-state index is 11.9. The molecule has 0 aromatic rings. The second-order valence-electron chi connectivity index (χ2n) is 4.29. The molecule has 15 heavy (non-hydrogen) atoms. The summed E-state index contributed by atoms with van der Waals surface area (Å²) in [6.45, 7) is 4.24. The first-order chi connectivity index (χ1) is 7.22. The molecular weight excluding hydrogens is 192 g/mol. The van der Waals surface area contributed by atoms with Crippen LogP contribution in [0.3, 0.4) is 0 Å². The van der Waals surface area contributed by atoms with Gasteiger partial charge in [-0.2, -0.15) is 0 Å². The summed E-state index contributed by atoms with van der Waals surface area (Å²) in [5.41, 5.74) is 5.56. The van der Waals surface area contributed by atoms with Gasteiger partial charge in [0.05, 0.1) is 5.92 Å². The van der Waals surface area contributed by atoms with Crippen LogP contribution in [-0.2, 0) is 4.79 Å². The van der Waals surface area contributed by atoms with E-state index in [1.54, 1.807) is 0 Å². The van der Waals surface area contributed by atoms with Crippen molar-refractivity contribution in [3.8, 4) is 0 Å². The van der Waals surface area contributed by atoms with E-state index in [1.807, 2.05) is 11.8 Å². The first-order valence-electron chi connectivity index (χ1n) is 5.82. The Bertz CT molecular complexity index is 197. The van der Waals surface area contributed by atoms with Crippen molar-refractivity contribution in [1.82, 2.24) is 4.90 Å². The molecular formula is C11H22N2O2. The molecule has 0 spiro atoms. The lowest BCUT2D eigenvalue weighted by molar-refractivity contribution is -0.136. The molecule has 1 unspecified atom stereocenters. The Labute approximate surface area is 91.4 Å². The Hall–Kier alpha value is -0.610. The number of hydrogen-bond acceptors (Lipinski definition) is 3. The topological polar surface area (TPSA) is 66.6 Å². The van der Waals surface area contributed by atoms with Crippen molar-refractivity contribution >= 4 is 5.91 Å². The number of aliphatic hydroxyl groups excluding tert-OH is 1. The minimum absolute atomic E-state index is 0.0179. The molecule has 0 aromatic heterocycles. The fraction of sp³-hybridized carbons (Fsp3) is 0.909. The van der Waals surface area contributed by atoms with Gasteiger partial charge in [0.25, 0.3) is 0 Å². The van der Waals surface area contributed by atoms with Crippen LogP contribution in [0, 0.1) is 11.8 Å². The van der Waals surface area contributed by atoms with E-state index in [-0.39, 0.29) is 18.4 Å². The molecule has 0 aromatic carbocycles. The third-order valence-corrected chi connectivity index (χ3v) is 3.31. The highest BCUT2D eigenvalue weighted by molar-refractivity contribution is 5.79. The normalized spacial score (nSPS) is 20.3. The van der Waals surface area contributed by atoms with Gasteiger partial charge in [-0.05, 0) is 25.2 Å². The van der Waals surface area contributed by atoms with E-state index in [0.29, 0.717) is 12.5 Å². The number of amides is 1. The molecule has 1 aliphatic rings. The highest BCUT2D eigenvalue weighted by Crippen LogP contribution is 2.18. The average Bonchev–Trinajstić information content (AvgIpc) is 2.30. The average molecular weight is 214 g/mol. The first kappa shape index (κ1) is 12.5. The van der Waals surface area contributed by atoms with Gasteiger partial charge in [-0.25, -0.2) is 0 Å². The molecule has 1 saturated heterocycles. The largest absolute Gasteiger partial charge is 0.396 e. The van der Waals surface area contributed by atoms with Gasteiger partial charge in [-0.3, -0.25) is 4.79 Å². The van der Waals surface area contributed by atoms with E-state index >= 15 is 0 Å². The minimum atomic E-state index is -0.0179. The molecule has 1 rings (SSSR count). The zero-order valence-corrected chi connectivity index (χ0v) is 9.48. The maximum absolute atomic E-state index is 11.9. The molecule has 88 valence electrons. The van der Waals surface area contributed by atoms with Crippen LogP contribution in [0.25, 0.3) is 0 Å². The molecule has 1 heterocycles. The van der Waals surface area contributed by atoms with Crippen molar-refractivity contribution < 1.29 is 9.90 Å². The van der Waals surface area contributed by atoms with Crippen molar-refractivity contribution in [2.45, 2.75) is 26.2 Å². The number of carbonyl (C=O) groups excluding carboxylic acids is 1. The van der Waals surface area contributed by atoms with Crippen molar-refractivity contribution in [1.29, 1.82) is 0 Å². The predicted octanol–water partition coefficient (Wildman–Crippen LogP) is 0.202. The molecule has 0 bridgehead atoms. The van der Waals surface area contributed by atoms with Crippen LogP contribution in [-0.4, -0.2) is 42.2 Å². The zero-order chi connectivity index (χ0) is 11.3. The van der Waals surface area contributed by atoms with Crippen LogP contribution in [0.4, 0.5) is 0 Å². The molecule has 0 radical (unpaired) electrons. The Balaban J connectivity index is 2.42. The summed E-state index contributed by atoms with van der Waals surface area (Å²) in [5, 5.41) is 8.99. The summed E-state index contributed by atoms with van der Waals surface area (Å²) in [5.74, 6) is 0.555. The Morgan fingerprint density at radius 2 is 2.13 bits per heavy atom. The monoisotopic (exact) mass is 214 g/mol.